The van der Waals surface area contributed by atoms with Crippen LogP contribution in [-0.4, -0.2) is 34.3 Å². The van der Waals surface area contributed by atoms with Gasteiger partial charge in [-0.05, 0) is 41.8 Å². The van der Waals surface area contributed by atoms with Gasteiger partial charge in [-0.2, -0.15) is 0 Å². The fraction of sp³-hybridized carbons (Fsp3) is 0.125. The van der Waals surface area contributed by atoms with Crippen LogP contribution in [0.2, 0.25) is 0 Å². The molecule has 3 aromatic heterocycles. The first-order valence-electron chi connectivity index (χ1n) is 7.62. The number of aromatic nitrogens is 3. The van der Waals surface area contributed by atoms with Crippen LogP contribution in [0.5, 0.6) is 0 Å². The minimum absolute atomic E-state index is 0.230. The smallest absolute Gasteiger partial charge is 0.319 e. The molecule has 2 amide bonds. The summed E-state index contributed by atoms with van der Waals surface area (Å²) in [5, 5.41) is 22.6. The Balaban J connectivity index is 1.38. The van der Waals surface area contributed by atoms with E-state index in [1.54, 1.807) is 12.4 Å². The predicted octanol–water partition coefficient (Wildman–Crippen LogP) is 2.91. The highest BCUT2D eigenvalue weighted by molar-refractivity contribution is 7.14. The van der Waals surface area contributed by atoms with Crippen molar-refractivity contribution in [2.45, 2.75) is 0 Å². The third kappa shape index (κ3) is 5.43. The molecule has 4 N–H and O–H groups in total. The number of carbonyl (C=O) groups is 1. The minimum atomic E-state index is -0.230. The van der Waals surface area contributed by atoms with E-state index in [4.69, 9.17) is 0 Å². The molecule has 0 saturated carbocycles. The Labute approximate surface area is 148 Å². The maximum Gasteiger partial charge on any atom is 0.319 e. The highest BCUT2D eigenvalue weighted by Gasteiger charge is 2.02. The van der Waals surface area contributed by atoms with Crippen molar-refractivity contribution in [2.24, 2.45) is 0 Å². The van der Waals surface area contributed by atoms with Gasteiger partial charge < -0.3 is 16.0 Å². The molecule has 3 rings (SSSR count). The summed E-state index contributed by atoms with van der Waals surface area (Å²) in [6, 6.07) is 10.9. The molecule has 3 heterocycles. The second kappa shape index (κ2) is 8.60. The molecule has 0 aromatic carbocycles. The summed E-state index contributed by atoms with van der Waals surface area (Å²) < 4.78 is 0. The molecule has 8 nitrogen and oxygen atoms in total. The number of anilines is 4. The Bertz CT molecular complexity index is 778. The van der Waals surface area contributed by atoms with E-state index in [0.29, 0.717) is 24.7 Å². The lowest BCUT2D eigenvalue weighted by atomic mass is 10.4. The van der Waals surface area contributed by atoms with E-state index in [1.165, 1.54) is 11.3 Å². The van der Waals surface area contributed by atoms with Crippen molar-refractivity contribution < 1.29 is 4.79 Å². The summed E-state index contributed by atoms with van der Waals surface area (Å²) in [5.74, 6) is 1.27. The van der Waals surface area contributed by atoms with Crippen LogP contribution in [0.3, 0.4) is 0 Å². The Kier molecular flexibility index (Phi) is 5.73. The SMILES string of the molecule is O=C(NCCNc1ccc(Nc2cccnc2)nn1)Nc1cccs1. The predicted molar refractivity (Wildman–Crippen MR) is 99.4 cm³/mol. The van der Waals surface area contributed by atoms with E-state index >= 15 is 0 Å². The number of carbonyl (C=O) groups excluding carboxylic acids is 1. The Morgan fingerprint density at radius 3 is 2.64 bits per heavy atom. The van der Waals surface area contributed by atoms with E-state index in [2.05, 4.69) is 36.4 Å². The number of pyridine rings is 1. The van der Waals surface area contributed by atoms with Crippen LogP contribution >= 0.6 is 11.3 Å². The summed E-state index contributed by atoms with van der Waals surface area (Å²) in [6.07, 6.45) is 3.42. The molecular weight excluding hydrogens is 338 g/mol. The Morgan fingerprint density at radius 2 is 1.92 bits per heavy atom. The van der Waals surface area contributed by atoms with E-state index < -0.39 is 0 Å². The van der Waals surface area contributed by atoms with Gasteiger partial charge in [0, 0.05) is 19.3 Å². The van der Waals surface area contributed by atoms with E-state index in [0.717, 1.165) is 10.7 Å². The van der Waals surface area contributed by atoms with Crippen molar-refractivity contribution in [2.75, 3.05) is 29.0 Å². The zero-order valence-electron chi connectivity index (χ0n) is 13.3. The van der Waals surface area contributed by atoms with Gasteiger partial charge in [0.25, 0.3) is 0 Å². The van der Waals surface area contributed by atoms with Crippen LogP contribution in [0.25, 0.3) is 0 Å². The summed E-state index contributed by atoms with van der Waals surface area (Å²) in [4.78, 5) is 15.7. The van der Waals surface area contributed by atoms with Crippen LogP contribution in [0, 0.1) is 0 Å². The standard InChI is InChI=1S/C16H17N7OS/c24-16(21-15-4-2-10-25-15)19-9-8-18-13-5-6-14(23-22-13)20-12-3-1-7-17-11-12/h1-7,10-11H,8-9H2,(H,18,22)(H,20,23)(H2,19,21,24). The van der Waals surface area contributed by atoms with E-state index in [1.807, 2.05) is 41.8 Å². The van der Waals surface area contributed by atoms with Crippen molar-refractivity contribution in [3.05, 3.63) is 54.2 Å². The van der Waals surface area contributed by atoms with E-state index in [-0.39, 0.29) is 6.03 Å². The van der Waals surface area contributed by atoms with Gasteiger partial charge in [0.05, 0.1) is 16.9 Å². The first-order chi connectivity index (χ1) is 12.3. The maximum atomic E-state index is 11.7. The highest BCUT2D eigenvalue weighted by Crippen LogP contribution is 2.14. The Hall–Kier alpha value is -3.20. The van der Waals surface area contributed by atoms with Crippen molar-refractivity contribution in [3.8, 4) is 0 Å². The van der Waals surface area contributed by atoms with Gasteiger partial charge in [0.1, 0.15) is 5.82 Å². The number of nitrogens with one attached hydrogen (secondary N) is 4. The van der Waals surface area contributed by atoms with Crippen LogP contribution in [-0.2, 0) is 0 Å². The molecule has 0 unspecified atom stereocenters. The maximum absolute atomic E-state index is 11.7. The zero-order chi connectivity index (χ0) is 17.3. The van der Waals surface area contributed by atoms with Crippen LogP contribution in [0.1, 0.15) is 0 Å². The second-order valence-corrected chi connectivity index (χ2v) is 5.90. The third-order valence-corrected chi connectivity index (χ3v) is 3.86. The van der Waals surface area contributed by atoms with Gasteiger partial charge in [-0.15, -0.1) is 21.5 Å². The molecular formula is C16H17N7OS. The molecule has 0 saturated heterocycles. The van der Waals surface area contributed by atoms with Crippen molar-refractivity contribution in [1.29, 1.82) is 0 Å². The number of urea groups is 1. The summed E-state index contributed by atoms with van der Waals surface area (Å²) in [7, 11) is 0. The summed E-state index contributed by atoms with van der Waals surface area (Å²) in [6.45, 7) is 1.01. The number of hydrogen-bond acceptors (Lipinski definition) is 7. The lowest BCUT2D eigenvalue weighted by Gasteiger charge is -2.08. The average Bonchev–Trinajstić information content (AvgIpc) is 3.14. The third-order valence-electron chi connectivity index (χ3n) is 3.07. The second-order valence-electron chi connectivity index (χ2n) is 4.96. The van der Waals surface area contributed by atoms with Gasteiger partial charge in [0.2, 0.25) is 0 Å². The molecule has 0 aliphatic rings. The van der Waals surface area contributed by atoms with Crippen LogP contribution in [0.15, 0.2) is 54.2 Å². The topological polar surface area (TPSA) is 104 Å². The van der Waals surface area contributed by atoms with Gasteiger partial charge >= 0.3 is 6.03 Å². The highest BCUT2D eigenvalue weighted by atomic mass is 32.1. The molecule has 128 valence electrons. The summed E-state index contributed by atoms with van der Waals surface area (Å²) >= 11 is 1.47. The van der Waals surface area contributed by atoms with Gasteiger partial charge in [-0.1, -0.05) is 0 Å². The monoisotopic (exact) mass is 355 g/mol. The molecule has 0 aliphatic heterocycles. The van der Waals surface area contributed by atoms with Crippen molar-refractivity contribution in [1.82, 2.24) is 20.5 Å². The first-order valence-corrected chi connectivity index (χ1v) is 8.50. The zero-order valence-corrected chi connectivity index (χ0v) is 14.1. The quantitative estimate of drug-likeness (QED) is 0.486. The van der Waals surface area contributed by atoms with Crippen molar-refractivity contribution >= 4 is 39.7 Å². The molecule has 9 heteroatoms. The summed E-state index contributed by atoms with van der Waals surface area (Å²) in [5.41, 5.74) is 0.846. The molecule has 25 heavy (non-hydrogen) atoms. The minimum Gasteiger partial charge on any atom is -0.367 e. The normalized spacial score (nSPS) is 10.1. The number of thiophene rings is 1. The number of nitrogens with zero attached hydrogens (tertiary/aromatic N) is 3. The molecule has 0 aliphatic carbocycles. The van der Waals surface area contributed by atoms with Gasteiger partial charge in [0.15, 0.2) is 5.82 Å². The lowest BCUT2D eigenvalue weighted by molar-refractivity contribution is 0.252. The molecule has 3 aromatic rings. The Morgan fingerprint density at radius 1 is 1.04 bits per heavy atom. The number of hydrogen-bond donors (Lipinski definition) is 4. The first kappa shape index (κ1) is 16.7. The fourth-order valence-corrected chi connectivity index (χ4v) is 2.56. The number of amides is 2. The molecule has 0 bridgehead atoms. The average molecular weight is 355 g/mol. The van der Waals surface area contributed by atoms with E-state index in [9.17, 15) is 4.79 Å². The van der Waals surface area contributed by atoms with Gasteiger partial charge in [-0.3, -0.25) is 10.3 Å². The molecule has 0 radical (unpaired) electrons. The fourth-order valence-electron chi connectivity index (χ4n) is 1.95. The number of rotatable bonds is 7. The molecule has 0 spiro atoms. The molecule has 0 fully saturated rings. The molecule has 0 atom stereocenters. The lowest BCUT2D eigenvalue weighted by Crippen LogP contribution is -2.32. The van der Waals surface area contributed by atoms with Gasteiger partial charge in [-0.25, -0.2) is 4.79 Å². The van der Waals surface area contributed by atoms with Crippen LogP contribution in [0.4, 0.5) is 27.1 Å². The largest absolute Gasteiger partial charge is 0.367 e. The van der Waals surface area contributed by atoms with Crippen molar-refractivity contribution in [3.63, 3.8) is 0 Å². The van der Waals surface area contributed by atoms with Crippen LogP contribution < -0.4 is 21.3 Å².